The molecule has 1 aromatic carbocycles. The van der Waals surface area contributed by atoms with Crippen LogP contribution in [0.5, 0.6) is 0 Å². The van der Waals surface area contributed by atoms with E-state index in [4.69, 9.17) is 5.73 Å². The van der Waals surface area contributed by atoms with E-state index in [0.29, 0.717) is 40.4 Å². The molecular formula is C32H36FN7O2. The van der Waals surface area contributed by atoms with Crippen LogP contribution in [0.25, 0.3) is 28.2 Å². The Balaban J connectivity index is 1.15. The van der Waals surface area contributed by atoms with Crippen molar-refractivity contribution in [3.63, 3.8) is 0 Å². The predicted octanol–water partition coefficient (Wildman–Crippen LogP) is 6.41. The third-order valence-corrected chi connectivity index (χ3v) is 7.58. The van der Waals surface area contributed by atoms with Gasteiger partial charge in [-0.2, -0.15) is 5.10 Å². The smallest absolute Gasteiger partial charge is 0.256 e. The van der Waals surface area contributed by atoms with Gasteiger partial charge in [0.05, 0.1) is 11.1 Å². The summed E-state index contributed by atoms with van der Waals surface area (Å²) in [5.41, 5.74) is 9.71. The van der Waals surface area contributed by atoms with E-state index >= 15 is 0 Å². The number of nitrogen functional groups attached to an aromatic ring is 1. The standard InChI is InChI=1S/C32H36FN7O2/c33-24-17-18-35-26(19-24)38-32(42)22-15-13-21(14-16-22)29-28-30(40-39-29)23(20-36-31(28)34)9-5-2-1-3-8-12-27(41)37-25-10-6-4-7-11-25/h5,9,13-20,25H,1-4,6-8,10-12H2,(H2,34,36)(H,37,41)(H,39,40)(H,35,38,42)/b9-5+. The minimum atomic E-state index is -0.479. The molecule has 5 rings (SSSR count). The van der Waals surface area contributed by atoms with Crippen molar-refractivity contribution in [2.45, 2.75) is 70.3 Å². The van der Waals surface area contributed by atoms with Gasteiger partial charge in [0.15, 0.2) is 0 Å². The van der Waals surface area contributed by atoms with Gasteiger partial charge in [-0.15, -0.1) is 0 Å². The maximum atomic E-state index is 13.4. The van der Waals surface area contributed by atoms with E-state index in [2.05, 4.69) is 36.9 Å². The summed E-state index contributed by atoms with van der Waals surface area (Å²) in [7, 11) is 0. The lowest BCUT2D eigenvalue weighted by Gasteiger charge is -2.22. The number of nitrogens with one attached hydrogen (secondary N) is 3. The molecule has 0 radical (unpaired) electrons. The Hall–Kier alpha value is -4.60. The van der Waals surface area contributed by atoms with Crippen LogP contribution in [-0.2, 0) is 4.79 Å². The zero-order valence-electron chi connectivity index (χ0n) is 23.5. The number of fused-ring (bicyclic) bond motifs is 1. The molecule has 0 spiro atoms. The van der Waals surface area contributed by atoms with E-state index in [0.717, 1.165) is 55.7 Å². The average molecular weight is 570 g/mol. The maximum absolute atomic E-state index is 13.4. The van der Waals surface area contributed by atoms with E-state index in [-0.39, 0.29) is 11.7 Å². The van der Waals surface area contributed by atoms with Crippen LogP contribution in [-0.4, -0.2) is 38.0 Å². The molecule has 9 nitrogen and oxygen atoms in total. The molecule has 218 valence electrons. The lowest BCUT2D eigenvalue weighted by atomic mass is 9.95. The number of carbonyl (C=O) groups is 2. The summed E-state index contributed by atoms with van der Waals surface area (Å²) >= 11 is 0. The van der Waals surface area contributed by atoms with E-state index < -0.39 is 11.7 Å². The van der Waals surface area contributed by atoms with Crippen molar-refractivity contribution in [3.8, 4) is 11.3 Å². The molecule has 1 saturated carbocycles. The number of amides is 2. The first-order chi connectivity index (χ1) is 20.5. The first-order valence-electron chi connectivity index (χ1n) is 14.6. The van der Waals surface area contributed by atoms with Crippen LogP contribution in [0.1, 0.15) is 80.1 Å². The second kappa shape index (κ2) is 13.8. The lowest BCUT2D eigenvalue weighted by molar-refractivity contribution is -0.122. The van der Waals surface area contributed by atoms with Crippen LogP contribution < -0.4 is 16.4 Å². The van der Waals surface area contributed by atoms with Crippen LogP contribution >= 0.6 is 0 Å². The minimum absolute atomic E-state index is 0.139. The van der Waals surface area contributed by atoms with Crippen LogP contribution in [0.4, 0.5) is 16.0 Å². The topological polar surface area (TPSA) is 139 Å². The molecule has 3 heterocycles. The third-order valence-electron chi connectivity index (χ3n) is 7.58. The molecule has 5 N–H and O–H groups in total. The van der Waals surface area contributed by atoms with Gasteiger partial charge in [0.1, 0.15) is 23.0 Å². The van der Waals surface area contributed by atoms with Gasteiger partial charge in [-0.05, 0) is 50.3 Å². The molecular weight excluding hydrogens is 533 g/mol. The highest BCUT2D eigenvalue weighted by Crippen LogP contribution is 2.32. The summed E-state index contributed by atoms with van der Waals surface area (Å²) < 4.78 is 13.4. The number of benzene rings is 1. The van der Waals surface area contributed by atoms with Crippen LogP contribution in [0, 0.1) is 5.82 Å². The Morgan fingerprint density at radius 2 is 1.86 bits per heavy atom. The summed E-state index contributed by atoms with van der Waals surface area (Å²) in [6.07, 6.45) is 17.4. The number of aromatic amines is 1. The molecule has 10 heteroatoms. The second-order valence-corrected chi connectivity index (χ2v) is 10.7. The number of nitrogens with two attached hydrogens (primary N) is 1. The van der Waals surface area contributed by atoms with E-state index in [1.807, 2.05) is 6.08 Å². The highest BCUT2D eigenvalue weighted by atomic mass is 19.1. The van der Waals surface area contributed by atoms with Crippen LogP contribution in [0.2, 0.25) is 0 Å². The number of hydrogen-bond acceptors (Lipinski definition) is 6. The molecule has 0 atom stereocenters. The Morgan fingerprint density at radius 3 is 2.64 bits per heavy atom. The Kier molecular flexibility index (Phi) is 9.53. The summed E-state index contributed by atoms with van der Waals surface area (Å²) in [6, 6.07) is 9.66. The molecule has 1 aliphatic rings. The molecule has 2 amide bonds. The van der Waals surface area contributed by atoms with Gasteiger partial charge in [-0.25, -0.2) is 14.4 Å². The molecule has 0 unspecified atom stereocenters. The van der Waals surface area contributed by atoms with Gasteiger partial charge in [0.2, 0.25) is 5.91 Å². The fourth-order valence-corrected chi connectivity index (χ4v) is 5.33. The van der Waals surface area contributed by atoms with Crippen molar-refractivity contribution < 1.29 is 14.0 Å². The van der Waals surface area contributed by atoms with Gasteiger partial charge >= 0.3 is 0 Å². The van der Waals surface area contributed by atoms with Gasteiger partial charge in [0.25, 0.3) is 5.91 Å². The Morgan fingerprint density at radius 1 is 1.05 bits per heavy atom. The molecule has 0 saturated heterocycles. The normalized spacial score (nSPS) is 13.9. The number of carbonyl (C=O) groups excluding carboxylic acids is 2. The summed E-state index contributed by atoms with van der Waals surface area (Å²) in [5, 5.41) is 14.1. The van der Waals surface area contributed by atoms with Crippen molar-refractivity contribution in [1.29, 1.82) is 0 Å². The molecule has 0 aliphatic heterocycles. The number of hydrogen-bond donors (Lipinski definition) is 4. The molecule has 0 bridgehead atoms. The fourth-order valence-electron chi connectivity index (χ4n) is 5.33. The van der Waals surface area contributed by atoms with E-state index in [9.17, 15) is 14.0 Å². The maximum Gasteiger partial charge on any atom is 0.256 e. The van der Waals surface area contributed by atoms with E-state index in [1.54, 1.807) is 30.5 Å². The number of allylic oxidation sites excluding steroid dienone is 1. The van der Waals surface area contributed by atoms with Crippen LogP contribution in [0.15, 0.2) is 54.9 Å². The summed E-state index contributed by atoms with van der Waals surface area (Å²) in [5.74, 6) is -0.198. The number of halogens is 1. The van der Waals surface area contributed by atoms with Gasteiger partial charge < -0.3 is 16.4 Å². The highest BCUT2D eigenvalue weighted by molar-refractivity contribution is 6.05. The van der Waals surface area contributed by atoms with Gasteiger partial charge in [0, 0.05) is 47.6 Å². The Bertz CT molecular complexity index is 1560. The molecule has 3 aromatic heterocycles. The quantitative estimate of drug-likeness (QED) is 0.154. The van der Waals surface area contributed by atoms with Crippen molar-refractivity contribution >= 4 is 40.4 Å². The average Bonchev–Trinajstić information content (AvgIpc) is 3.45. The van der Waals surface area contributed by atoms with Crippen molar-refractivity contribution in [2.24, 2.45) is 0 Å². The first kappa shape index (κ1) is 28.9. The monoisotopic (exact) mass is 569 g/mol. The number of pyridine rings is 2. The minimum Gasteiger partial charge on any atom is -0.383 e. The van der Waals surface area contributed by atoms with Crippen LogP contribution in [0.3, 0.4) is 0 Å². The van der Waals surface area contributed by atoms with Crippen molar-refractivity contribution in [2.75, 3.05) is 11.1 Å². The number of aromatic nitrogens is 4. The second-order valence-electron chi connectivity index (χ2n) is 10.7. The zero-order valence-corrected chi connectivity index (χ0v) is 23.5. The highest BCUT2D eigenvalue weighted by Gasteiger charge is 2.16. The predicted molar refractivity (Wildman–Crippen MR) is 163 cm³/mol. The zero-order chi connectivity index (χ0) is 29.3. The third kappa shape index (κ3) is 7.37. The number of anilines is 2. The van der Waals surface area contributed by atoms with Crippen molar-refractivity contribution in [1.82, 2.24) is 25.5 Å². The Labute approximate surface area is 244 Å². The number of H-pyrrole nitrogens is 1. The lowest BCUT2D eigenvalue weighted by Crippen LogP contribution is -2.35. The van der Waals surface area contributed by atoms with Gasteiger partial charge in [-0.1, -0.05) is 50.0 Å². The molecule has 4 aromatic rings. The summed E-state index contributed by atoms with van der Waals surface area (Å²) in [4.78, 5) is 33.1. The molecule has 42 heavy (non-hydrogen) atoms. The molecule has 1 fully saturated rings. The summed E-state index contributed by atoms with van der Waals surface area (Å²) in [6.45, 7) is 0. The van der Waals surface area contributed by atoms with Crippen molar-refractivity contribution in [3.05, 3.63) is 71.8 Å². The first-order valence-corrected chi connectivity index (χ1v) is 14.6. The van der Waals surface area contributed by atoms with Gasteiger partial charge in [-0.3, -0.25) is 14.7 Å². The largest absolute Gasteiger partial charge is 0.383 e. The number of rotatable bonds is 11. The van der Waals surface area contributed by atoms with E-state index in [1.165, 1.54) is 31.5 Å². The number of unbranched alkanes of at least 4 members (excludes halogenated alkanes) is 3. The number of nitrogens with zero attached hydrogens (tertiary/aromatic N) is 3. The fraction of sp³-hybridized carbons (Fsp3) is 0.344. The molecule has 1 aliphatic carbocycles. The SMILES string of the molecule is Nc1ncc(/C=C/CCCCCC(=O)NC2CCCCC2)c2n[nH]c(-c3ccc(C(=O)Nc4cc(F)ccn4)cc3)c12.